The Balaban J connectivity index is 1.86. The van der Waals surface area contributed by atoms with E-state index >= 15 is 0 Å². The number of nitrogens with zero attached hydrogens (tertiary/aromatic N) is 1. The Kier molecular flexibility index (Phi) is 5.05. The first-order valence-electron chi connectivity index (χ1n) is 5.70. The molecule has 0 radical (unpaired) electrons. The maximum atomic E-state index is 9.97. The first-order chi connectivity index (χ1) is 8.75. The predicted octanol–water partition coefficient (Wildman–Crippen LogP) is 3.43. The fourth-order valence-corrected chi connectivity index (χ4v) is 2.77. The first-order valence-corrected chi connectivity index (χ1v) is 7.06. The summed E-state index contributed by atoms with van der Waals surface area (Å²) >= 11 is 7.63. The Morgan fingerprint density at radius 2 is 1.89 bits per heavy atom. The molecule has 18 heavy (non-hydrogen) atoms. The topological polar surface area (TPSA) is 33.1 Å². The van der Waals surface area contributed by atoms with Crippen molar-refractivity contribution in [2.75, 3.05) is 5.75 Å². The normalized spacial score (nSPS) is 12.3. The van der Waals surface area contributed by atoms with E-state index in [1.165, 1.54) is 0 Å². The van der Waals surface area contributed by atoms with Crippen LogP contribution in [0.15, 0.2) is 53.7 Å². The Labute approximate surface area is 116 Å². The number of aromatic nitrogens is 1. The van der Waals surface area contributed by atoms with Gasteiger partial charge in [0, 0.05) is 23.0 Å². The minimum absolute atomic E-state index is 0.381. The van der Waals surface area contributed by atoms with Crippen LogP contribution in [0.3, 0.4) is 0 Å². The third-order valence-corrected chi connectivity index (χ3v) is 4.15. The number of thioether (sulfide) groups is 1. The molecule has 2 rings (SSSR count). The zero-order valence-electron chi connectivity index (χ0n) is 9.79. The zero-order valence-corrected chi connectivity index (χ0v) is 11.4. The molecule has 2 nitrogen and oxygen atoms in total. The number of rotatable bonds is 5. The molecular formula is C14H14ClNOS. The molecule has 1 atom stereocenters. The third-order valence-electron chi connectivity index (χ3n) is 2.49. The van der Waals surface area contributed by atoms with Gasteiger partial charge in [-0.15, -0.1) is 11.8 Å². The SMILES string of the molecule is OC(CSc1ccccc1Cl)Cc1ccncc1. The van der Waals surface area contributed by atoms with E-state index in [4.69, 9.17) is 11.6 Å². The van der Waals surface area contributed by atoms with Gasteiger partial charge in [-0.05, 0) is 36.2 Å². The first kappa shape index (κ1) is 13.4. The van der Waals surface area contributed by atoms with Crippen LogP contribution in [0.5, 0.6) is 0 Å². The van der Waals surface area contributed by atoms with Crippen molar-refractivity contribution in [1.29, 1.82) is 0 Å². The van der Waals surface area contributed by atoms with Crippen molar-refractivity contribution >= 4 is 23.4 Å². The summed E-state index contributed by atoms with van der Waals surface area (Å²) in [6.45, 7) is 0. The van der Waals surface area contributed by atoms with Crippen LogP contribution in [0.25, 0.3) is 0 Å². The van der Waals surface area contributed by atoms with Gasteiger partial charge in [0.15, 0.2) is 0 Å². The van der Waals surface area contributed by atoms with E-state index in [1.807, 2.05) is 36.4 Å². The highest BCUT2D eigenvalue weighted by Crippen LogP contribution is 2.27. The zero-order chi connectivity index (χ0) is 12.8. The van der Waals surface area contributed by atoms with Crippen LogP contribution in [0.2, 0.25) is 5.02 Å². The molecule has 0 aliphatic heterocycles. The van der Waals surface area contributed by atoms with Gasteiger partial charge in [0.2, 0.25) is 0 Å². The Morgan fingerprint density at radius 1 is 1.17 bits per heavy atom. The second-order valence-electron chi connectivity index (χ2n) is 3.95. The molecule has 4 heteroatoms. The van der Waals surface area contributed by atoms with Crippen molar-refractivity contribution in [2.24, 2.45) is 0 Å². The summed E-state index contributed by atoms with van der Waals surface area (Å²) < 4.78 is 0. The average molecular weight is 280 g/mol. The summed E-state index contributed by atoms with van der Waals surface area (Å²) in [6.07, 6.45) is 3.74. The lowest BCUT2D eigenvalue weighted by Gasteiger charge is -2.10. The number of pyridine rings is 1. The van der Waals surface area contributed by atoms with E-state index < -0.39 is 0 Å². The van der Waals surface area contributed by atoms with Crippen molar-refractivity contribution < 1.29 is 5.11 Å². The summed E-state index contributed by atoms with van der Waals surface area (Å²) in [7, 11) is 0. The standard InChI is InChI=1S/C14H14ClNOS/c15-13-3-1-2-4-14(13)18-10-12(17)9-11-5-7-16-8-6-11/h1-8,12,17H,9-10H2. The molecule has 0 amide bonds. The summed E-state index contributed by atoms with van der Waals surface area (Å²) in [5, 5.41) is 10.7. The molecule has 0 saturated carbocycles. The van der Waals surface area contributed by atoms with Crippen LogP contribution in [0.1, 0.15) is 5.56 Å². The van der Waals surface area contributed by atoms with Gasteiger partial charge in [0.05, 0.1) is 11.1 Å². The molecule has 2 aromatic rings. The van der Waals surface area contributed by atoms with Crippen LogP contribution in [-0.2, 0) is 6.42 Å². The molecule has 0 bridgehead atoms. The van der Waals surface area contributed by atoms with E-state index in [1.54, 1.807) is 24.2 Å². The molecule has 94 valence electrons. The van der Waals surface area contributed by atoms with Crippen LogP contribution >= 0.6 is 23.4 Å². The lowest BCUT2D eigenvalue weighted by molar-refractivity contribution is 0.200. The number of benzene rings is 1. The van der Waals surface area contributed by atoms with Crippen molar-refractivity contribution in [1.82, 2.24) is 4.98 Å². The summed E-state index contributed by atoms with van der Waals surface area (Å²) in [6, 6.07) is 11.5. The minimum Gasteiger partial charge on any atom is -0.392 e. The van der Waals surface area contributed by atoms with Crippen LogP contribution in [0, 0.1) is 0 Å². The lowest BCUT2D eigenvalue weighted by Crippen LogP contribution is -2.13. The molecule has 0 spiro atoms. The molecule has 0 fully saturated rings. The second-order valence-corrected chi connectivity index (χ2v) is 5.42. The van der Waals surface area contributed by atoms with Crippen molar-refractivity contribution in [3.05, 3.63) is 59.4 Å². The van der Waals surface area contributed by atoms with Gasteiger partial charge in [-0.25, -0.2) is 0 Å². The number of aliphatic hydroxyl groups excluding tert-OH is 1. The van der Waals surface area contributed by atoms with Crippen LogP contribution in [0.4, 0.5) is 0 Å². The number of hydrogen-bond donors (Lipinski definition) is 1. The smallest absolute Gasteiger partial charge is 0.0674 e. The van der Waals surface area contributed by atoms with Gasteiger partial charge in [0.25, 0.3) is 0 Å². The van der Waals surface area contributed by atoms with Crippen LogP contribution < -0.4 is 0 Å². The van der Waals surface area contributed by atoms with Gasteiger partial charge in [0.1, 0.15) is 0 Å². The Bertz CT molecular complexity index is 492. The van der Waals surface area contributed by atoms with Gasteiger partial charge >= 0.3 is 0 Å². The number of aliphatic hydroxyl groups is 1. The molecule has 1 N–H and O–H groups in total. The van der Waals surface area contributed by atoms with Gasteiger partial charge in [-0.2, -0.15) is 0 Å². The van der Waals surface area contributed by atoms with E-state index in [9.17, 15) is 5.11 Å². The monoisotopic (exact) mass is 279 g/mol. The highest BCUT2D eigenvalue weighted by atomic mass is 35.5. The molecule has 1 heterocycles. The molecular weight excluding hydrogens is 266 g/mol. The van der Waals surface area contributed by atoms with E-state index in [-0.39, 0.29) is 6.10 Å². The highest BCUT2D eigenvalue weighted by molar-refractivity contribution is 7.99. The summed E-state index contributed by atoms with van der Waals surface area (Å²) in [5.74, 6) is 0.631. The second kappa shape index (κ2) is 6.78. The quantitative estimate of drug-likeness (QED) is 0.851. The molecule has 1 aromatic carbocycles. The fourth-order valence-electron chi connectivity index (χ4n) is 1.60. The predicted molar refractivity (Wildman–Crippen MR) is 76.1 cm³/mol. The van der Waals surface area contributed by atoms with Crippen molar-refractivity contribution in [3.63, 3.8) is 0 Å². The van der Waals surface area contributed by atoms with E-state index in [0.717, 1.165) is 15.5 Å². The maximum absolute atomic E-state index is 9.97. The lowest BCUT2D eigenvalue weighted by atomic mass is 10.1. The van der Waals surface area contributed by atoms with E-state index in [2.05, 4.69) is 4.98 Å². The van der Waals surface area contributed by atoms with Crippen molar-refractivity contribution in [3.8, 4) is 0 Å². The van der Waals surface area contributed by atoms with Crippen LogP contribution in [-0.4, -0.2) is 21.9 Å². The molecule has 0 aliphatic carbocycles. The summed E-state index contributed by atoms with van der Waals surface area (Å²) in [5.41, 5.74) is 1.09. The minimum atomic E-state index is -0.381. The van der Waals surface area contributed by atoms with E-state index in [0.29, 0.717) is 12.2 Å². The number of hydrogen-bond acceptors (Lipinski definition) is 3. The largest absolute Gasteiger partial charge is 0.392 e. The molecule has 0 saturated heterocycles. The van der Waals surface area contributed by atoms with Gasteiger partial charge in [-0.3, -0.25) is 4.98 Å². The average Bonchev–Trinajstić information content (AvgIpc) is 2.39. The Hall–Kier alpha value is -1.03. The summed E-state index contributed by atoms with van der Waals surface area (Å²) in [4.78, 5) is 4.96. The van der Waals surface area contributed by atoms with Crippen molar-refractivity contribution in [2.45, 2.75) is 17.4 Å². The Morgan fingerprint density at radius 3 is 2.61 bits per heavy atom. The molecule has 0 aliphatic rings. The van der Waals surface area contributed by atoms with Gasteiger partial charge < -0.3 is 5.11 Å². The third kappa shape index (κ3) is 4.02. The molecule has 1 aromatic heterocycles. The maximum Gasteiger partial charge on any atom is 0.0674 e. The highest BCUT2D eigenvalue weighted by Gasteiger charge is 2.07. The van der Waals surface area contributed by atoms with Gasteiger partial charge in [-0.1, -0.05) is 23.7 Å². The number of halogens is 1. The fraction of sp³-hybridized carbons (Fsp3) is 0.214. The molecule has 1 unspecified atom stereocenters.